The summed E-state index contributed by atoms with van der Waals surface area (Å²) < 4.78 is 11.6. The van der Waals surface area contributed by atoms with Crippen LogP contribution in [0, 0.1) is 0 Å². The van der Waals surface area contributed by atoms with Crippen molar-refractivity contribution in [2.45, 2.75) is 19.5 Å². The second-order valence-corrected chi connectivity index (χ2v) is 5.54. The Labute approximate surface area is 133 Å². The summed E-state index contributed by atoms with van der Waals surface area (Å²) in [6.45, 7) is 2.86. The summed E-state index contributed by atoms with van der Waals surface area (Å²) in [6.07, 6.45) is 3.61. The van der Waals surface area contributed by atoms with Crippen LogP contribution in [0.4, 0.5) is 0 Å². The first kappa shape index (κ1) is 15.8. The van der Waals surface area contributed by atoms with Crippen LogP contribution in [-0.2, 0) is 6.54 Å². The van der Waals surface area contributed by atoms with Crippen molar-refractivity contribution in [3.05, 3.63) is 52.3 Å². The average molecular weight is 351 g/mol. The molecular weight excluding hydrogens is 332 g/mol. The molecule has 0 saturated carbocycles. The third-order valence-electron chi connectivity index (χ3n) is 3.36. The molecule has 0 unspecified atom stereocenters. The van der Waals surface area contributed by atoms with Gasteiger partial charge in [-0.25, -0.2) is 0 Å². The molecule has 2 rings (SSSR count). The third-order valence-corrected chi connectivity index (χ3v) is 4.10. The van der Waals surface area contributed by atoms with Gasteiger partial charge in [0.15, 0.2) is 11.5 Å². The maximum atomic E-state index is 5.34. The number of rotatable bonds is 6. The molecule has 1 aromatic carbocycles. The Kier molecular flexibility index (Phi) is 5.59. The molecule has 4 nitrogen and oxygen atoms in total. The smallest absolute Gasteiger partial charge is 0.161 e. The van der Waals surface area contributed by atoms with Crippen LogP contribution in [0.15, 0.2) is 41.1 Å². The minimum absolute atomic E-state index is 0.244. The van der Waals surface area contributed by atoms with E-state index in [1.165, 1.54) is 5.56 Å². The molecule has 112 valence electrons. The summed E-state index contributed by atoms with van der Waals surface area (Å²) in [5, 5.41) is 3.49. The van der Waals surface area contributed by atoms with Gasteiger partial charge in [0, 0.05) is 29.5 Å². The van der Waals surface area contributed by atoms with Crippen molar-refractivity contribution in [3.8, 4) is 11.5 Å². The molecule has 0 aliphatic rings. The summed E-state index contributed by atoms with van der Waals surface area (Å²) in [6, 6.07) is 8.18. The average Bonchev–Trinajstić information content (AvgIpc) is 2.53. The van der Waals surface area contributed by atoms with Gasteiger partial charge in [0.05, 0.1) is 14.2 Å². The number of ether oxygens (including phenoxy) is 2. The topological polar surface area (TPSA) is 43.4 Å². The van der Waals surface area contributed by atoms with E-state index in [2.05, 4.69) is 33.2 Å². The first-order chi connectivity index (χ1) is 10.2. The maximum Gasteiger partial charge on any atom is 0.161 e. The number of methoxy groups -OCH3 is 2. The molecule has 1 atom stereocenters. The highest BCUT2D eigenvalue weighted by molar-refractivity contribution is 9.10. The van der Waals surface area contributed by atoms with E-state index < -0.39 is 0 Å². The predicted molar refractivity (Wildman–Crippen MR) is 86.7 cm³/mol. The van der Waals surface area contributed by atoms with Crippen LogP contribution in [-0.4, -0.2) is 19.2 Å². The number of pyridine rings is 1. The van der Waals surface area contributed by atoms with Crippen molar-refractivity contribution >= 4 is 15.9 Å². The zero-order chi connectivity index (χ0) is 15.2. The Morgan fingerprint density at radius 2 is 1.76 bits per heavy atom. The summed E-state index contributed by atoms with van der Waals surface area (Å²) in [5.41, 5.74) is 2.33. The number of halogens is 1. The second-order valence-electron chi connectivity index (χ2n) is 4.68. The Balaban J connectivity index is 2.09. The van der Waals surface area contributed by atoms with Gasteiger partial charge in [-0.05, 0) is 42.3 Å². The SMILES string of the molecule is COc1cc(Br)c(CN[C@@H](C)c2ccncc2)cc1OC. The van der Waals surface area contributed by atoms with Crippen LogP contribution >= 0.6 is 15.9 Å². The normalized spacial score (nSPS) is 12.0. The largest absolute Gasteiger partial charge is 0.493 e. The summed E-state index contributed by atoms with van der Waals surface area (Å²) >= 11 is 3.57. The summed E-state index contributed by atoms with van der Waals surface area (Å²) in [4.78, 5) is 4.04. The number of nitrogens with one attached hydrogen (secondary N) is 1. The summed E-state index contributed by atoms with van der Waals surface area (Å²) in [7, 11) is 3.27. The lowest BCUT2D eigenvalue weighted by Gasteiger charge is -2.16. The Morgan fingerprint density at radius 1 is 1.14 bits per heavy atom. The van der Waals surface area contributed by atoms with Crippen LogP contribution in [0.1, 0.15) is 24.1 Å². The molecule has 1 heterocycles. The maximum absolute atomic E-state index is 5.34. The second kappa shape index (κ2) is 7.43. The Hall–Kier alpha value is -1.59. The zero-order valence-electron chi connectivity index (χ0n) is 12.4. The van der Waals surface area contributed by atoms with Crippen LogP contribution < -0.4 is 14.8 Å². The molecule has 0 aliphatic heterocycles. The lowest BCUT2D eigenvalue weighted by atomic mass is 10.1. The van der Waals surface area contributed by atoms with Gasteiger partial charge in [-0.2, -0.15) is 0 Å². The van der Waals surface area contributed by atoms with E-state index in [1.54, 1.807) is 26.6 Å². The lowest BCUT2D eigenvalue weighted by Crippen LogP contribution is -2.18. The molecule has 0 fully saturated rings. The monoisotopic (exact) mass is 350 g/mol. The van der Waals surface area contributed by atoms with E-state index in [-0.39, 0.29) is 6.04 Å². The zero-order valence-corrected chi connectivity index (χ0v) is 14.0. The fourth-order valence-corrected chi connectivity index (χ4v) is 2.53. The first-order valence-corrected chi connectivity index (χ1v) is 7.48. The van der Waals surface area contributed by atoms with E-state index in [1.807, 2.05) is 24.3 Å². The van der Waals surface area contributed by atoms with Gasteiger partial charge < -0.3 is 14.8 Å². The van der Waals surface area contributed by atoms with Crippen molar-refractivity contribution in [2.24, 2.45) is 0 Å². The van der Waals surface area contributed by atoms with Gasteiger partial charge in [0.25, 0.3) is 0 Å². The highest BCUT2D eigenvalue weighted by atomic mass is 79.9. The van der Waals surface area contributed by atoms with Crippen LogP contribution in [0.5, 0.6) is 11.5 Å². The van der Waals surface area contributed by atoms with Crippen LogP contribution in [0.3, 0.4) is 0 Å². The Morgan fingerprint density at radius 3 is 2.38 bits per heavy atom. The molecule has 0 aliphatic carbocycles. The molecule has 21 heavy (non-hydrogen) atoms. The van der Waals surface area contributed by atoms with Crippen LogP contribution in [0.2, 0.25) is 0 Å². The van der Waals surface area contributed by atoms with Gasteiger partial charge in [-0.1, -0.05) is 15.9 Å². The fourth-order valence-electron chi connectivity index (χ4n) is 2.06. The molecule has 2 aromatic rings. The number of benzene rings is 1. The first-order valence-electron chi connectivity index (χ1n) is 6.69. The van der Waals surface area contributed by atoms with Gasteiger partial charge in [-0.3, -0.25) is 4.98 Å². The molecule has 0 bridgehead atoms. The van der Waals surface area contributed by atoms with Gasteiger partial charge in [0.1, 0.15) is 0 Å². The Bertz CT molecular complexity index is 590. The molecule has 0 saturated heterocycles. The highest BCUT2D eigenvalue weighted by Gasteiger charge is 2.11. The lowest BCUT2D eigenvalue weighted by molar-refractivity contribution is 0.354. The quantitative estimate of drug-likeness (QED) is 0.862. The van der Waals surface area contributed by atoms with Crippen molar-refractivity contribution in [1.29, 1.82) is 0 Å². The van der Waals surface area contributed by atoms with Gasteiger partial charge >= 0.3 is 0 Å². The van der Waals surface area contributed by atoms with Crippen molar-refractivity contribution in [2.75, 3.05) is 14.2 Å². The number of nitrogens with zero attached hydrogens (tertiary/aromatic N) is 1. The van der Waals surface area contributed by atoms with E-state index in [9.17, 15) is 0 Å². The van der Waals surface area contributed by atoms with Crippen molar-refractivity contribution < 1.29 is 9.47 Å². The minimum atomic E-state index is 0.244. The van der Waals surface area contributed by atoms with E-state index in [0.29, 0.717) is 0 Å². The molecule has 0 amide bonds. The van der Waals surface area contributed by atoms with Crippen LogP contribution in [0.25, 0.3) is 0 Å². The molecule has 1 N–H and O–H groups in total. The molecule has 0 radical (unpaired) electrons. The number of aromatic nitrogens is 1. The third kappa shape index (κ3) is 3.95. The van der Waals surface area contributed by atoms with Gasteiger partial charge in [-0.15, -0.1) is 0 Å². The van der Waals surface area contributed by atoms with Gasteiger partial charge in [0.2, 0.25) is 0 Å². The highest BCUT2D eigenvalue weighted by Crippen LogP contribution is 2.33. The van der Waals surface area contributed by atoms with E-state index in [0.717, 1.165) is 28.1 Å². The fraction of sp³-hybridized carbons (Fsp3) is 0.312. The summed E-state index contributed by atoms with van der Waals surface area (Å²) in [5.74, 6) is 1.45. The predicted octanol–water partition coefficient (Wildman–Crippen LogP) is 3.71. The molecule has 1 aromatic heterocycles. The number of hydrogen-bond donors (Lipinski definition) is 1. The van der Waals surface area contributed by atoms with Crippen molar-refractivity contribution in [1.82, 2.24) is 10.3 Å². The molecular formula is C16H19BrN2O2. The number of hydrogen-bond acceptors (Lipinski definition) is 4. The van der Waals surface area contributed by atoms with E-state index in [4.69, 9.17) is 9.47 Å². The molecule has 5 heteroatoms. The standard InChI is InChI=1S/C16H19BrN2O2/c1-11(12-4-6-18-7-5-12)19-10-13-8-15(20-2)16(21-3)9-14(13)17/h4-9,11,19H,10H2,1-3H3/t11-/m0/s1. The molecule has 0 spiro atoms. The minimum Gasteiger partial charge on any atom is -0.493 e. The van der Waals surface area contributed by atoms with E-state index >= 15 is 0 Å². The van der Waals surface area contributed by atoms with Crippen molar-refractivity contribution in [3.63, 3.8) is 0 Å².